The van der Waals surface area contributed by atoms with E-state index in [9.17, 15) is 22.8 Å². The van der Waals surface area contributed by atoms with Crippen LogP contribution in [0.1, 0.15) is 22.9 Å². The fourth-order valence-electron chi connectivity index (χ4n) is 3.85. The van der Waals surface area contributed by atoms with Crippen molar-refractivity contribution >= 4 is 39.6 Å². The molecule has 0 spiro atoms. The van der Waals surface area contributed by atoms with Crippen molar-refractivity contribution in [3.8, 4) is 6.07 Å². The Bertz CT molecular complexity index is 1680. The first-order valence-corrected chi connectivity index (χ1v) is 11.3. The van der Waals surface area contributed by atoms with E-state index in [0.29, 0.717) is 27.8 Å². The van der Waals surface area contributed by atoms with E-state index in [1.165, 1.54) is 24.5 Å². The number of pyridine rings is 2. The molecule has 0 aliphatic rings. The molecule has 3 aromatic heterocycles. The van der Waals surface area contributed by atoms with Gasteiger partial charge in [-0.1, -0.05) is 23.7 Å². The molecular weight excluding hydrogens is 524 g/mol. The van der Waals surface area contributed by atoms with Crippen LogP contribution >= 0.6 is 11.6 Å². The number of nitriles is 1. The summed E-state index contributed by atoms with van der Waals surface area (Å²) >= 11 is 6.54. The molecule has 0 aliphatic carbocycles. The van der Waals surface area contributed by atoms with Gasteiger partial charge >= 0.3 is 0 Å². The molecule has 0 radical (unpaired) electrons. The predicted octanol–water partition coefficient (Wildman–Crippen LogP) is 6.04. The van der Waals surface area contributed by atoms with E-state index in [1.807, 2.05) is 6.07 Å². The first-order valence-electron chi connectivity index (χ1n) is 10.9. The minimum absolute atomic E-state index is 0.0920. The molecule has 8 nitrogen and oxygen atoms in total. The number of halogens is 5. The minimum Gasteiger partial charge on any atom is -0.373 e. The van der Waals surface area contributed by atoms with Crippen molar-refractivity contribution in [2.75, 3.05) is 10.6 Å². The zero-order valence-electron chi connectivity index (χ0n) is 19.1. The lowest BCUT2D eigenvalue weighted by atomic mass is 10.0. The Morgan fingerprint density at radius 3 is 2.47 bits per heavy atom. The minimum atomic E-state index is -1.26. The van der Waals surface area contributed by atoms with Gasteiger partial charge in [-0.15, -0.1) is 0 Å². The fraction of sp³-hybridized carbons (Fsp3) is 0.0800. The van der Waals surface area contributed by atoms with Crippen LogP contribution in [0.3, 0.4) is 0 Å². The van der Waals surface area contributed by atoms with Crippen molar-refractivity contribution in [3.05, 3.63) is 100 Å². The number of hydrogen-bond donors (Lipinski definition) is 2. The first kappa shape index (κ1) is 24.9. The molecule has 2 aromatic carbocycles. The molecule has 0 bridgehead atoms. The maximum absolute atomic E-state index is 13.8. The Kier molecular flexibility index (Phi) is 6.76. The van der Waals surface area contributed by atoms with Crippen LogP contribution in [0.25, 0.3) is 10.9 Å². The van der Waals surface area contributed by atoms with Gasteiger partial charge in [0.1, 0.15) is 17.6 Å². The van der Waals surface area contributed by atoms with Gasteiger partial charge in [-0.25, -0.2) is 18.2 Å². The van der Waals surface area contributed by atoms with Crippen molar-refractivity contribution in [1.82, 2.24) is 25.0 Å². The summed E-state index contributed by atoms with van der Waals surface area (Å²) < 4.78 is 53.8. The van der Waals surface area contributed by atoms with Gasteiger partial charge in [0, 0.05) is 23.3 Å². The van der Waals surface area contributed by atoms with Crippen LogP contribution in [-0.4, -0.2) is 25.0 Å². The molecule has 5 aromatic rings. The highest BCUT2D eigenvalue weighted by Gasteiger charge is 2.20. The molecule has 1 atom stereocenters. The normalized spacial score (nSPS) is 11.8. The molecule has 1 unspecified atom stereocenters. The molecule has 13 heteroatoms. The summed E-state index contributed by atoms with van der Waals surface area (Å²) in [4.78, 5) is 8.49. The van der Waals surface area contributed by atoms with Crippen LogP contribution in [0.4, 0.5) is 34.6 Å². The SMILES string of the molecule is N#Cc1cnc2c(Cl)cc(NC(c3ccc(F)cc3)c3cnn(CF)n3)cc2c1Nc1cnc(F)c(F)c1. The van der Waals surface area contributed by atoms with Crippen molar-refractivity contribution in [2.24, 2.45) is 0 Å². The van der Waals surface area contributed by atoms with Crippen LogP contribution in [0.5, 0.6) is 0 Å². The monoisotopic (exact) mass is 538 g/mol. The van der Waals surface area contributed by atoms with Gasteiger partial charge in [-0.05, 0) is 29.8 Å². The Hall–Kier alpha value is -4.76. The molecule has 2 N–H and O–H groups in total. The predicted molar refractivity (Wildman–Crippen MR) is 132 cm³/mol. The molecule has 0 saturated heterocycles. The average Bonchev–Trinajstić information content (AvgIpc) is 3.39. The van der Waals surface area contributed by atoms with E-state index in [1.54, 1.807) is 24.3 Å². The first-order chi connectivity index (χ1) is 18.4. The van der Waals surface area contributed by atoms with E-state index in [2.05, 4.69) is 30.8 Å². The topological polar surface area (TPSA) is 104 Å². The largest absolute Gasteiger partial charge is 0.373 e. The highest BCUT2D eigenvalue weighted by atomic mass is 35.5. The molecule has 3 heterocycles. The lowest BCUT2D eigenvalue weighted by molar-refractivity contribution is 0.317. The second-order valence-corrected chi connectivity index (χ2v) is 8.43. The Morgan fingerprint density at radius 1 is 1.00 bits per heavy atom. The standard InChI is InChI=1S/C25H15ClF4N8/c26-19-6-16(35-23(13-1-3-15(28)4-2-13)21-11-34-38(12-27)37-21)5-18-22(14(8-31)9-32-24(18)19)36-17-7-20(29)25(30)33-10-17/h1-7,9-11,23,35H,12H2,(H,32,36). The third-order valence-corrected chi connectivity index (χ3v) is 5.87. The number of nitrogens with zero attached hydrogens (tertiary/aromatic N) is 6. The van der Waals surface area contributed by atoms with Crippen LogP contribution < -0.4 is 10.6 Å². The van der Waals surface area contributed by atoms with E-state index in [4.69, 9.17) is 11.6 Å². The maximum atomic E-state index is 13.8. The average molecular weight is 539 g/mol. The third-order valence-electron chi connectivity index (χ3n) is 5.58. The number of aromatic nitrogens is 5. The van der Waals surface area contributed by atoms with Gasteiger partial charge in [0.2, 0.25) is 12.7 Å². The Balaban J connectivity index is 1.61. The Labute approximate surface area is 217 Å². The lowest BCUT2D eigenvalue weighted by Gasteiger charge is -2.20. The number of anilines is 3. The van der Waals surface area contributed by atoms with Crippen molar-refractivity contribution < 1.29 is 17.6 Å². The molecular formula is C25H15ClF4N8. The smallest absolute Gasteiger partial charge is 0.249 e. The van der Waals surface area contributed by atoms with Gasteiger partial charge in [0.15, 0.2) is 5.82 Å². The van der Waals surface area contributed by atoms with E-state index in [0.717, 1.165) is 17.1 Å². The number of fused-ring (bicyclic) bond motifs is 1. The zero-order chi connectivity index (χ0) is 26.8. The molecule has 5 rings (SSSR count). The number of benzene rings is 2. The van der Waals surface area contributed by atoms with Crippen molar-refractivity contribution in [2.45, 2.75) is 12.8 Å². The number of rotatable bonds is 7. The van der Waals surface area contributed by atoms with Gasteiger partial charge in [0.05, 0.1) is 45.9 Å². The van der Waals surface area contributed by atoms with Crippen molar-refractivity contribution in [1.29, 1.82) is 5.26 Å². The molecule has 190 valence electrons. The number of alkyl halides is 1. The summed E-state index contributed by atoms with van der Waals surface area (Å²) in [6, 6.07) is 11.1. The molecule has 0 fully saturated rings. The summed E-state index contributed by atoms with van der Waals surface area (Å²) in [5, 5.41) is 24.4. The zero-order valence-corrected chi connectivity index (χ0v) is 19.9. The van der Waals surface area contributed by atoms with Crippen LogP contribution in [-0.2, 0) is 6.80 Å². The van der Waals surface area contributed by atoms with Crippen LogP contribution in [0.2, 0.25) is 5.02 Å². The van der Waals surface area contributed by atoms with Crippen LogP contribution in [0, 0.1) is 28.9 Å². The van der Waals surface area contributed by atoms with Gasteiger partial charge in [-0.3, -0.25) is 4.98 Å². The second kappa shape index (κ2) is 10.3. The molecule has 38 heavy (non-hydrogen) atoms. The van der Waals surface area contributed by atoms with Gasteiger partial charge in [0.25, 0.3) is 0 Å². The third kappa shape index (κ3) is 4.91. The molecule has 0 amide bonds. The van der Waals surface area contributed by atoms with E-state index in [-0.39, 0.29) is 22.0 Å². The number of hydrogen-bond acceptors (Lipinski definition) is 7. The summed E-state index contributed by atoms with van der Waals surface area (Å²) in [5.41, 5.74) is 2.15. The van der Waals surface area contributed by atoms with E-state index < -0.39 is 30.4 Å². The molecule has 0 aliphatic heterocycles. The van der Waals surface area contributed by atoms with Gasteiger partial charge < -0.3 is 10.6 Å². The summed E-state index contributed by atoms with van der Waals surface area (Å²) in [6.45, 7) is -0.936. The molecule has 0 saturated carbocycles. The quantitative estimate of drug-likeness (QED) is 0.192. The van der Waals surface area contributed by atoms with Gasteiger partial charge in [-0.2, -0.15) is 24.6 Å². The summed E-state index contributed by atoms with van der Waals surface area (Å²) in [6.07, 6.45) is 3.75. The second-order valence-electron chi connectivity index (χ2n) is 8.02. The maximum Gasteiger partial charge on any atom is 0.249 e. The number of nitrogens with one attached hydrogen (secondary N) is 2. The Morgan fingerprint density at radius 2 is 1.79 bits per heavy atom. The summed E-state index contributed by atoms with van der Waals surface area (Å²) in [5.74, 6) is -2.87. The van der Waals surface area contributed by atoms with Crippen LogP contribution in [0.15, 0.2) is 61.1 Å². The van der Waals surface area contributed by atoms with Crippen molar-refractivity contribution in [3.63, 3.8) is 0 Å². The highest BCUT2D eigenvalue weighted by Crippen LogP contribution is 2.36. The lowest BCUT2D eigenvalue weighted by Crippen LogP contribution is -2.14. The fourth-order valence-corrected chi connectivity index (χ4v) is 4.11. The highest BCUT2D eigenvalue weighted by molar-refractivity contribution is 6.36. The summed E-state index contributed by atoms with van der Waals surface area (Å²) in [7, 11) is 0. The van der Waals surface area contributed by atoms with E-state index >= 15 is 0 Å².